The van der Waals surface area contributed by atoms with Gasteiger partial charge in [-0.1, -0.05) is 52.3 Å². The van der Waals surface area contributed by atoms with E-state index in [-0.39, 0.29) is 12.4 Å². The standard InChI is InChI=1S/C21H21BrN2O2.ClH/c1-25-20-11-19(22)10-18(14-24-13-17-8-5-9-23-12-17)21(20)26-15-16-6-3-2-4-7-16;/h2-12,24H,13-15H2,1H3;1H. The fourth-order valence-electron chi connectivity index (χ4n) is 2.64. The monoisotopic (exact) mass is 448 g/mol. The quantitative estimate of drug-likeness (QED) is 0.517. The molecular weight excluding hydrogens is 428 g/mol. The highest BCUT2D eigenvalue weighted by atomic mass is 79.9. The van der Waals surface area contributed by atoms with Gasteiger partial charge in [-0.25, -0.2) is 0 Å². The molecule has 0 aliphatic heterocycles. The lowest BCUT2D eigenvalue weighted by molar-refractivity contribution is 0.280. The fourth-order valence-corrected chi connectivity index (χ4v) is 3.13. The third-order valence-electron chi connectivity index (χ3n) is 3.91. The van der Waals surface area contributed by atoms with Crippen LogP contribution < -0.4 is 14.8 Å². The minimum atomic E-state index is 0. The summed E-state index contributed by atoms with van der Waals surface area (Å²) >= 11 is 3.55. The Morgan fingerprint density at radius 3 is 2.48 bits per heavy atom. The van der Waals surface area contributed by atoms with Crippen LogP contribution in [0.1, 0.15) is 16.7 Å². The van der Waals surface area contributed by atoms with Crippen molar-refractivity contribution in [1.82, 2.24) is 10.3 Å². The molecular formula is C21H22BrClN2O2. The van der Waals surface area contributed by atoms with Crippen LogP contribution in [0.2, 0.25) is 0 Å². The van der Waals surface area contributed by atoms with E-state index in [0.717, 1.165) is 33.5 Å². The van der Waals surface area contributed by atoms with Gasteiger partial charge < -0.3 is 14.8 Å². The summed E-state index contributed by atoms with van der Waals surface area (Å²) in [5, 5.41) is 3.44. The van der Waals surface area contributed by atoms with E-state index < -0.39 is 0 Å². The molecule has 0 fully saturated rings. The Morgan fingerprint density at radius 2 is 1.78 bits per heavy atom. The number of methoxy groups -OCH3 is 1. The molecule has 27 heavy (non-hydrogen) atoms. The van der Waals surface area contributed by atoms with Gasteiger partial charge in [0.2, 0.25) is 0 Å². The highest BCUT2D eigenvalue weighted by Crippen LogP contribution is 2.35. The molecule has 0 aliphatic rings. The first kappa shape index (κ1) is 21.2. The van der Waals surface area contributed by atoms with E-state index in [1.54, 1.807) is 13.3 Å². The van der Waals surface area contributed by atoms with E-state index in [1.165, 1.54) is 0 Å². The number of hydrogen-bond acceptors (Lipinski definition) is 4. The molecule has 0 saturated carbocycles. The van der Waals surface area contributed by atoms with E-state index >= 15 is 0 Å². The predicted octanol–water partition coefficient (Wildman–Crippen LogP) is 5.14. The number of pyridine rings is 1. The largest absolute Gasteiger partial charge is 0.493 e. The topological polar surface area (TPSA) is 43.4 Å². The van der Waals surface area contributed by atoms with Crippen molar-refractivity contribution in [3.63, 3.8) is 0 Å². The molecule has 1 aromatic heterocycles. The third kappa shape index (κ3) is 6.24. The third-order valence-corrected chi connectivity index (χ3v) is 4.37. The second-order valence-electron chi connectivity index (χ2n) is 5.84. The normalized spacial score (nSPS) is 10.1. The first-order chi connectivity index (χ1) is 12.8. The average Bonchev–Trinajstić information content (AvgIpc) is 2.68. The molecule has 0 saturated heterocycles. The average molecular weight is 450 g/mol. The van der Waals surface area contributed by atoms with Crippen LogP contribution in [0.3, 0.4) is 0 Å². The van der Waals surface area contributed by atoms with Crippen LogP contribution in [-0.4, -0.2) is 12.1 Å². The van der Waals surface area contributed by atoms with E-state index in [0.29, 0.717) is 18.9 Å². The highest BCUT2D eigenvalue weighted by molar-refractivity contribution is 9.10. The number of hydrogen-bond donors (Lipinski definition) is 1. The summed E-state index contributed by atoms with van der Waals surface area (Å²) in [6.45, 7) is 1.89. The summed E-state index contributed by atoms with van der Waals surface area (Å²) in [4.78, 5) is 4.14. The number of halogens is 2. The van der Waals surface area contributed by atoms with Crippen molar-refractivity contribution in [3.05, 3.63) is 88.2 Å². The zero-order valence-corrected chi connectivity index (χ0v) is 17.4. The molecule has 0 atom stereocenters. The van der Waals surface area contributed by atoms with E-state index in [2.05, 4.69) is 32.3 Å². The highest BCUT2D eigenvalue weighted by Gasteiger charge is 2.13. The molecule has 0 unspecified atom stereocenters. The zero-order valence-electron chi connectivity index (χ0n) is 15.0. The molecule has 0 amide bonds. The van der Waals surface area contributed by atoms with Gasteiger partial charge >= 0.3 is 0 Å². The number of nitrogens with zero attached hydrogens (tertiary/aromatic N) is 1. The molecule has 142 valence electrons. The molecule has 1 N–H and O–H groups in total. The molecule has 6 heteroatoms. The number of aromatic nitrogens is 1. The Morgan fingerprint density at radius 1 is 1.00 bits per heavy atom. The maximum Gasteiger partial charge on any atom is 0.166 e. The minimum Gasteiger partial charge on any atom is -0.493 e. The summed E-state index contributed by atoms with van der Waals surface area (Å²) in [5.41, 5.74) is 3.30. The Bertz CT molecular complexity index is 832. The van der Waals surface area contributed by atoms with Gasteiger partial charge in [-0.3, -0.25) is 4.98 Å². The van der Waals surface area contributed by atoms with Gasteiger partial charge in [0.25, 0.3) is 0 Å². The minimum absolute atomic E-state index is 0. The lowest BCUT2D eigenvalue weighted by atomic mass is 10.1. The Hall–Kier alpha value is -2.08. The van der Waals surface area contributed by atoms with Gasteiger partial charge in [-0.2, -0.15) is 0 Å². The summed E-state index contributed by atoms with van der Waals surface area (Å²) in [6.07, 6.45) is 3.64. The van der Waals surface area contributed by atoms with E-state index in [4.69, 9.17) is 9.47 Å². The van der Waals surface area contributed by atoms with Crippen molar-refractivity contribution >= 4 is 28.3 Å². The molecule has 0 bridgehead atoms. The number of rotatable bonds is 8. The van der Waals surface area contributed by atoms with Crippen molar-refractivity contribution in [2.75, 3.05) is 7.11 Å². The van der Waals surface area contributed by atoms with Crippen LogP contribution in [0, 0.1) is 0 Å². The summed E-state index contributed by atoms with van der Waals surface area (Å²) in [6, 6.07) is 18.1. The molecule has 0 radical (unpaired) electrons. The smallest absolute Gasteiger partial charge is 0.166 e. The molecule has 2 aromatic carbocycles. The molecule has 0 spiro atoms. The summed E-state index contributed by atoms with van der Waals surface area (Å²) < 4.78 is 12.6. The zero-order chi connectivity index (χ0) is 18.2. The van der Waals surface area contributed by atoms with Crippen molar-refractivity contribution < 1.29 is 9.47 Å². The SMILES string of the molecule is COc1cc(Br)cc(CNCc2cccnc2)c1OCc1ccccc1.Cl. The Balaban J connectivity index is 0.00000261. The van der Waals surface area contributed by atoms with E-state index in [9.17, 15) is 0 Å². The van der Waals surface area contributed by atoms with Crippen LogP contribution in [0.5, 0.6) is 11.5 Å². The van der Waals surface area contributed by atoms with Crippen LogP contribution in [0.4, 0.5) is 0 Å². The molecule has 3 aromatic rings. The molecule has 1 heterocycles. The molecule has 3 rings (SSSR count). The van der Waals surface area contributed by atoms with Crippen LogP contribution in [0.25, 0.3) is 0 Å². The van der Waals surface area contributed by atoms with Crippen LogP contribution >= 0.6 is 28.3 Å². The first-order valence-corrected chi connectivity index (χ1v) is 9.18. The van der Waals surface area contributed by atoms with Crippen molar-refractivity contribution in [3.8, 4) is 11.5 Å². The van der Waals surface area contributed by atoms with Gasteiger partial charge in [0.15, 0.2) is 11.5 Å². The van der Waals surface area contributed by atoms with Gasteiger partial charge in [-0.15, -0.1) is 12.4 Å². The number of nitrogens with one attached hydrogen (secondary N) is 1. The predicted molar refractivity (Wildman–Crippen MR) is 113 cm³/mol. The summed E-state index contributed by atoms with van der Waals surface area (Å²) in [7, 11) is 1.66. The molecule has 0 aliphatic carbocycles. The van der Waals surface area contributed by atoms with Crippen molar-refractivity contribution in [2.24, 2.45) is 0 Å². The van der Waals surface area contributed by atoms with Crippen molar-refractivity contribution in [1.29, 1.82) is 0 Å². The molecule has 4 nitrogen and oxygen atoms in total. The fraction of sp³-hybridized carbons (Fsp3) is 0.190. The first-order valence-electron chi connectivity index (χ1n) is 8.39. The second kappa shape index (κ2) is 10.9. The summed E-state index contributed by atoms with van der Waals surface area (Å²) in [5.74, 6) is 1.48. The lowest BCUT2D eigenvalue weighted by Crippen LogP contribution is -2.14. The number of ether oxygens (including phenoxy) is 2. The van der Waals surface area contributed by atoms with Gasteiger partial charge in [-0.05, 0) is 29.3 Å². The van der Waals surface area contributed by atoms with E-state index in [1.807, 2.05) is 54.7 Å². The van der Waals surface area contributed by atoms with Crippen LogP contribution in [0.15, 0.2) is 71.5 Å². The second-order valence-corrected chi connectivity index (χ2v) is 6.75. The van der Waals surface area contributed by atoms with Gasteiger partial charge in [0, 0.05) is 35.5 Å². The van der Waals surface area contributed by atoms with Crippen LogP contribution in [-0.2, 0) is 19.7 Å². The number of benzene rings is 2. The Kier molecular flexibility index (Phi) is 8.58. The maximum absolute atomic E-state index is 6.10. The maximum atomic E-state index is 6.10. The van der Waals surface area contributed by atoms with Gasteiger partial charge in [0.1, 0.15) is 6.61 Å². The Labute approximate surface area is 174 Å². The van der Waals surface area contributed by atoms with Gasteiger partial charge in [0.05, 0.1) is 7.11 Å². The van der Waals surface area contributed by atoms with Crippen molar-refractivity contribution in [2.45, 2.75) is 19.7 Å². The lowest BCUT2D eigenvalue weighted by Gasteiger charge is -2.16.